The quantitative estimate of drug-likeness (QED) is 0.764. The highest BCUT2D eigenvalue weighted by atomic mass is 35.5. The number of amidine groups is 1. The van der Waals surface area contributed by atoms with Gasteiger partial charge in [0, 0.05) is 23.2 Å². The number of carbonyl (C=O) groups is 2. The van der Waals surface area contributed by atoms with E-state index in [4.69, 9.17) is 11.6 Å². The fourth-order valence-corrected chi connectivity index (χ4v) is 3.30. The van der Waals surface area contributed by atoms with Gasteiger partial charge in [0.25, 0.3) is 0 Å². The van der Waals surface area contributed by atoms with Gasteiger partial charge in [0.15, 0.2) is 5.17 Å². The molecule has 128 valence electrons. The van der Waals surface area contributed by atoms with Gasteiger partial charge in [0.2, 0.25) is 11.8 Å². The van der Waals surface area contributed by atoms with Gasteiger partial charge in [0.1, 0.15) is 11.0 Å². The Kier molecular flexibility index (Phi) is 5.25. The van der Waals surface area contributed by atoms with Gasteiger partial charge in [0.05, 0.1) is 5.69 Å². The summed E-state index contributed by atoms with van der Waals surface area (Å²) >= 11 is 6.99. The van der Waals surface area contributed by atoms with Crippen molar-refractivity contribution in [3.63, 3.8) is 0 Å². The van der Waals surface area contributed by atoms with E-state index in [-0.39, 0.29) is 24.0 Å². The number of hydrogen-bond donors (Lipinski definition) is 3. The molecule has 1 fully saturated rings. The molecule has 2 aromatic rings. The van der Waals surface area contributed by atoms with Crippen molar-refractivity contribution in [2.45, 2.75) is 11.7 Å². The number of nitrogens with zero attached hydrogens (tertiary/aromatic N) is 1. The molecule has 8 heteroatoms. The molecule has 1 saturated heterocycles. The number of phenols is 1. The van der Waals surface area contributed by atoms with Gasteiger partial charge in [-0.1, -0.05) is 29.4 Å². The number of amides is 2. The van der Waals surface area contributed by atoms with E-state index in [1.54, 1.807) is 36.4 Å². The van der Waals surface area contributed by atoms with Crippen molar-refractivity contribution in [3.05, 3.63) is 53.6 Å². The Morgan fingerprint density at radius 2 is 2.04 bits per heavy atom. The topological polar surface area (TPSA) is 90.8 Å². The number of thioether (sulfide) groups is 1. The molecule has 0 aromatic heterocycles. The normalized spacial score (nSPS) is 18.2. The lowest BCUT2D eigenvalue weighted by Gasteiger charge is -2.07. The molecule has 1 heterocycles. The van der Waals surface area contributed by atoms with E-state index in [9.17, 15) is 14.7 Å². The molecule has 0 radical (unpaired) electrons. The third-order valence-electron chi connectivity index (χ3n) is 3.34. The molecule has 3 rings (SSSR count). The third kappa shape index (κ3) is 4.74. The van der Waals surface area contributed by atoms with Crippen LogP contribution in [0, 0.1) is 0 Å². The molecule has 1 aliphatic heterocycles. The van der Waals surface area contributed by atoms with E-state index in [1.165, 1.54) is 23.9 Å². The average Bonchev–Trinajstić information content (AvgIpc) is 2.89. The van der Waals surface area contributed by atoms with Crippen LogP contribution in [0.1, 0.15) is 6.42 Å². The second kappa shape index (κ2) is 7.58. The van der Waals surface area contributed by atoms with Crippen molar-refractivity contribution in [1.29, 1.82) is 0 Å². The van der Waals surface area contributed by atoms with Crippen LogP contribution < -0.4 is 10.6 Å². The Morgan fingerprint density at radius 3 is 2.76 bits per heavy atom. The van der Waals surface area contributed by atoms with Crippen LogP contribution >= 0.6 is 23.4 Å². The fourth-order valence-electron chi connectivity index (χ4n) is 2.19. The Morgan fingerprint density at radius 1 is 1.28 bits per heavy atom. The van der Waals surface area contributed by atoms with E-state index in [2.05, 4.69) is 15.6 Å². The molecule has 25 heavy (non-hydrogen) atoms. The van der Waals surface area contributed by atoms with Gasteiger partial charge in [-0.2, -0.15) is 0 Å². The first-order valence-corrected chi connectivity index (χ1v) is 8.66. The van der Waals surface area contributed by atoms with E-state index in [0.29, 0.717) is 21.6 Å². The van der Waals surface area contributed by atoms with Crippen molar-refractivity contribution >= 4 is 51.7 Å². The number of aliphatic imine (C=N–C) groups is 1. The van der Waals surface area contributed by atoms with Crippen LogP contribution in [-0.4, -0.2) is 27.3 Å². The largest absolute Gasteiger partial charge is 0.508 e. The Labute approximate surface area is 153 Å². The summed E-state index contributed by atoms with van der Waals surface area (Å²) < 4.78 is 0. The molecule has 0 unspecified atom stereocenters. The van der Waals surface area contributed by atoms with Crippen molar-refractivity contribution in [2.75, 3.05) is 5.32 Å². The minimum Gasteiger partial charge on any atom is -0.508 e. The minimum atomic E-state index is -0.552. The summed E-state index contributed by atoms with van der Waals surface area (Å²) in [5.74, 6) is -0.446. The van der Waals surface area contributed by atoms with Gasteiger partial charge < -0.3 is 15.7 Å². The predicted molar refractivity (Wildman–Crippen MR) is 99.4 cm³/mol. The smallest absolute Gasteiger partial charge is 0.240 e. The van der Waals surface area contributed by atoms with Crippen molar-refractivity contribution in [2.24, 2.45) is 4.99 Å². The summed E-state index contributed by atoms with van der Waals surface area (Å²) in [6.07, 6.45) is 0.0260. The van der Waals surface area contributed by atoms with Crippen LogP contribution in [-0.2, 0) is 9.59 Å². The lowest BCUT2D eigenvalue weighted by Crippen LogP contribution is -2.28. The average molecular weight is 376 g/mol. The number of nitrogens with one attached hydrogen (secondary N) is 2. The van der Waals surface area contributed by atoms with E-state index >= 15 is 0 Å². The molecule has 3 N–H and O–H groups in total. The van der Waals surface area contributed by atoms with Crippen LogP contribution in [0.2, 0.25) is 5.02 Å². The number of hydrogen-bond acceptors (Lipinski definition) is 5. The zero-order chi connectivity index (χ0) is 17.8. The number of carbonyl (C=O) groups excluding carboxylic acids is 2. The molecule has 2 amide bonds. The van der Waals surface area contributed by atoms with Crippen LogP contribution in [0.15, 0.2) is 53.5 Å². The second-order valence-electron chi connectivity index (χ2n) is 5.29. The summed E-state index contributed by atoms with van der Waals surface area (Å²) in [5, 5.41) is 15.2. The number of benzene rings is 2. The van der Waals surface area contributed by atoms with E-state index in [0.717, 1.165) is 0 Å². The lowest BCUT2D eigenvalue weighted by molar-refractivity contribution is -0.122. The van der Waals surface area contributed by atoms with Gasteiger partial charge in [-0.05, 0) is 36.4 Å². The van der Waals surface area contributed by atoms with Crippen molar-refractivity contribution in [1.82, 2.24) is 5.32 Å². The molecule has 1 atom stereocenters. The third-order valence-corrected chi connectivity index (χ3v) is 4.67. The summed E-state index contributed by atoms with van der Waals surface area (Å²) in [7, 11) is 0. The number of phenolic OH excluding ortho intramolecular Hbond substituents is 1. The zero-order valence-corrected chi connectivity index (χ0v) is 14.5. The van der Waals surface area contributed by atoms with Gasteiger partial charge in [-0.25, -0.2) is 4.99 Å². The summed E-state index contributed by atoms with van der Waals surface area (Å²) in [6, 6.07) is 13.1. The van der Waals surface area contributed by atoms with Crippen molar-refractivity contribution < 1.29 is 14.7 Å². The molecule has 2 aromatic carbocycles. The maximum Gasteiger partial charge on any atom is 0.240 e. The Balaban J connectivity index is 1.61. The van der Waals surface area contributed by atoms with Crippen molar-refractivity contribution in [3.8, 4) is 5.75 Å². The first-order valence-electron chi connectivity index (χ1n) is 7.40. The number of halogens is 1. The Bertz CT molecular complexity index is 839. The summed E-state index contributed by atoms with van der Waals surface area (Å²) in [4.78, 5) is 28.4. The zero-order valence-electron chi connectivity index (χ0n) is 12.9. The SMILES string of the molecule is O=C(C[C@@H]1SC(=Nc2cccc(O)c2)NC1=O)Nc1ccc(Cl)cc1. The summed E-state index contributed by atoms with van der Waals surface area (Å²) in [6.45, 7) is 0. The van der Waals surface area contributed by atoms with Gasteiger partial charge >= 0.3 is 0 Å². The van der Waals surface area contributed by atoms with Gasteiger partial charge in [-0.15, -0.1) is 0 Å². The molecular weight excluding hydrogens is 362 g/mol. The first-order chi connectivity index (χ1) is 12.0. The molecular formula is C17H14ClN3O3S. The highest BCUT2D eigenvalue weighted by Crippen LogP contribution is 2.27. The van der Waals surface area contributed by atoms with E-state index < -0.39 is 5.25 Å². The molecule has 0 spiro atoms. The highest BCUT2D eigenvalue weighted by molar-refractivity contribution is 8.15. The Hall–Kier alpha value is -2.51. The van der Waals surface area contributed by atoms with Crippen LogP contribution in [0.3, 0.4) is 0 Å². The molecule has 0 bridgehead atoms. The summed E-state index contributed by atoms with van der Waals surface area (Å²) in [5.41, 5.74) is 1.14. The molecule has 1 aliphatic rings. The second-order valence-corrected chi connectivity index (χ2v) is 6.92. The fraction of sp³-hybridized carbons (Fsp3) is 0.118. The molecule has 0 saturated carbocycles. The molecule has 6 nitrogen and oxygen atoms in total. The van der Waals surface area contributed by atoms with E-state index in [1.807, 2.05) is 0 Å². The number of aromatic hydroxyl groups is 1. The van der Waals surface area contributed by atoms with Crippen LogP contribution in [0.5, 0.6) is 5.75 Å². The van der Waals surface area contributed by atoms with Crippen LogP contribution in [0.25, 0.3) is 0 Å². The van der Waals surface area contributed by atoms with Gasteiger partial charge in [-0.3, -0.25) is 9.59 Å². The number of rotatable bonds is 4. The van der Waals surface area contributed by atoms with Crippen LogP contribution in [0.4, 0.5) is 11.4 Å². The maximum atomic E-state index is 12.1. The predicted octanol–water partition coefficient (Wildman–Crippen LogP) is 3.29. The number of anilines is 1. The lowest BCUT2D eigenvalue weighted by atomic mass is 10.2. The monoisotopic (exact) mass is 375 g/mol. The highest BCUT2D eigenvalue weighted by Gasteiger charge is 2.32. The molecule has 0 aliphatic carbocycles. The standard InChI is InChI=1S/C17H14ClN3O3S/c18-10-4-6-11(7-5-10)19-15(23)9-14-16(24)21-17(25-14)20-12-2-1-3-13(22)8-12/h1-8,14,22H,9H2,(H,19,23)(H,20,21,24)/t14-/m0/s1. The minimum absolute atomic E-state index is 0.0260. The maximum absolute atomic E-state index is 12.1. The first kappa shape index (κ1) is 17.3.